The third kappa shape index (κ3) is 2.55. The molecular formula is C11H10O3. The van der Waals surface area contributed by atoms with Gasteiger partial charge >= 0.3 is 5.97 Å². The topological polar surface area (TPSA) is 54.4 Å². The average Bonchev–Trinajstić information content (AvgIpc) is 2.16. The molecular weight excluding hydrogens is 180 g/mol. The van der Waals surface area contributed by atoms with E-state index in [1.165, 1.54) is 6.08 Å². The Morgan fingerprint density at radius 1 is 1.43 bits per heavy atom. The van der Waals surface area contributed by atoms with Crippen molar-refractivity contribution in [3.8, 4) is 0 Å². The second-order valence-electron chi connectivity index (χ2n) is 2.91. The minimum Gasteiger partial charge on any atom is -0.478 e. The van der Waals surface area contributed by atoms with Crippen LogP contribution in [0.4, 0.5) is 0 Å². The summed E-state index contributed by atoms with van der Waals surface area (Å²) in [4.78, 5) is 20.7. The molecule has 0 aliphatic carbocycles. The summed E-state index contributed by atoms with van der Waals surface area (Å²) in [5, 5.41) is 8.44. The van der Waals surface area contributed by atoms with Gasteiger partial charge in [-0.25, -0.2) is 4.79 Å². The van der Waals surface area contributed by atoms with Gasteiger partial charge < -0.3 is 5.11 Å². The number of benzene rings is 1. The lowest BCUT2D eigenvalue weighted by atomic mass is 10.1. The SMILES string of the molecule is Cc1ccc(C=O)cc1C=CC(=O)O. The molecule has 0 heterocycles. The van der Waals surface area contributed by atoms with Crippen molar-refractivity contribution in [1.29, 1.82) is 0 Å². The first kappa shape index (κ1) is 10.2. The maximum Gasteiger partial charge on any atom is 0.328 e. The van der Waals surface area contributed by atoms with E-state index < -0.39 is 5.97 Å². The number of carbonyl (C=O) groups excluding carboxylic acids is 1. The van der Waals surface area contributed by atoms with Crippen LogP contribution in [-0.2, 0) is 4.79 Å². The summed E-state index contributed by atoms with van der Waals surface area (Å²) in [5.74, 6) is -0.999. The minimum atomic E-state index is -0.999. The molecule has 1 aromatic carbocycles. The monoisotopic (exact) mass is 190 g/mol. The van der Waals surface area contributed by atoms with Crippen LogP contribution in [0.15, 0.2) is 24.3 Å². The number of aryl methyl sites for hydroxylation is 1. The van der Waals surface area contributed by atoms with E-state index in [-0.39, 0.29) is 0 Å². The molecule has 0 spiro atoms. The van der Waals surface area contributed by atoms with E-state index in [1.807, 2.05) is 6.92 Å². The fourth-order valence-electron chi connectivity index (χ4n) is 1.07. The second-order valence-corrected chi connectivity index (χ2v) is 2.91. The molecule has 0 unspecified atom stereocenters. The number of aliphatic carboxylic acids is 1. The largest absolute Gasteiger partial charge is 0.478 e. The Kier molecular flexibility index (Phi) is 3.18. The zero-order chi connectivity index (χ0) is 10.6. The fourth-order valence-corrected chi connectivity index (χ4v) is 1.07. The van der Waals surface area contributed by atoms with Gasteiger partial charge in [-0.15, -0.1) is 0 Å². The van der Waals surface area contributed by atoms with Crippen molar-refractivity contribution in [1.82, 2.24) is 0 Å². The van der Waals surface area contributed by atoms with E-state index in [4.69, 9.17) is 5.11 Å². The lowest BCUT2D eigenvalue weighted by molar-refractivity contribution is -0.131. The van der Waals surface area contributed by atoms with E-state index in [2.05, 4.69) is 0 Å². The molecule has 0 aromatic heterocycles. The molecule has 0 bridgehead atoms. The molecule has 14 heavy (non-hydrogen) atoms. The van der Waals surface area contributed by atoms with Crippen LogP contribution >= 0.6 is 0 Å². The summed E-state index contributed by atoms with van der Waals surface area (Å²) in [6, 6.07) is 5.13. The van der Waals surface area contributed by atoms with Gasteiger partial charge in [-0.2, -0.15) is 0 Å². The van der Waals surface area contributed by atoms with Crippen molar-refractivity contribution in [2.45, 2.75) is 6.92 Å². The normalized spacial score (nSPS) is 10.4. The number of aldehydes is 1. The second kappa shape index (κ2) is 4.37. The highest BCUT2D eigenvalue weighted by molar-refractivity contribution is 5.86. The Morgan fingerprint density at radius 3 is 2.71 bits per heavy atom. The maximum atomic E-state index is 10.5. The summed E-state index contributed by atoms with van der Waals surface area (Å²) in [5.41, 5.74) is 2.23. The van der Waals surface area contributed by atoms with Crippen molar-refractivity contribution in [3.63, 3.8) is 0 Å². The quantitative estimate of drug-likeness (QED) is 0.585. The zero-order valence-corrected chi connectivity index (χ0v) is 7.73. The maximum absolute atomic E-state index is 10.5. The molecule has 1 rings (SSSR count). The summed E-state index contributed by atoms with van der Waals surface area (Å²) in [6.45, 7) is 1.86. The lowest BCUT2D eigenvalue weighted by Gasteiger charge is -1.99. The van der Waals surface area contributed by atoms with Gasteiger partial charge in [0.2, 0.25) is 0 Å². The first-order chi connectivity index (χ1) is 6.63. The molecule has 0 atom stereocenters. The Bertz CT molecular complexity index is 392. The van der Waals surface area contributed by atoms with Crippen LogP contribution in [-0.4, -0.2) is 17.4 Å². The Morgan fingerprint density at radius 2 is 2.14 bits per heavy atom. The number of carboxylic acids is 1. The number of rotatable bonds is 3. The number of hydrogen-bond donors (Lipinski definition) is 1. The molecule has 0 aliphatic heterocycles. The van der Waals surface area contributed by atoms with Crippen molar-refractivity contribution >= 4 is 18.3 Å². The van der Waals surface area contributed by atoms with Gasteiger partial charge in [-0.3, -0.25) is 4.79 Å². The van der Waals surface area contributed by atoms with Crippen molar-refractivity contribution in [2.24, 2.45) is 0 Å². The molecule has 3 heteroatoms. The summed E-state index contributed by atoms with van der Waals surface area (Å²) >= 11 is 0. The zero-order valence-electron chi connectivity index (χ0n) is 7.73. The van der Waals surface area contributed by atoms with E-state index in [0.29, 0.717) is 5.56 Å². The summed E-state index contributed by atoms with van der Waals surface area (Å²) < 4.78 is 0. The van der Waals surface area contributed by atoms with Gasteiger partial charge in [0.1, 0.15) is 6.29 Å². The van der Waals surface area contributed by atoms with Crippen LogP contribution in [0.25, 0.3) is 6.08 Å². The first-order valence-corrected chi connectivity index (χ1v) is 4.10. The molecule has 0 amide bonds. The van der Waals surface area contributed by atoms with Gasteiger partial charge in [-0.05, 0) is 30.2 Å². The molecule has 0 saturated carbocycles. The standard InChI is InChI=1S/C11H10O3/c1-8-2-3-9(7-12)6-10(8)4-5-11(13)14/h2-7H,1H3,(H,13,14). The van der Waals surface area contributed by atoms with Crippen LogP contribution in [0.3, 0.4) is 0 Å². The van der Waals surface area contributed by atoms with E-state index in [1.54, 1.807) is 18.2 Å². The van der Waals surface area contributed by atoms with Crippen LogP contribution in [0, 0.1) is 6.92 Å². The van der Waals surface area contributed by atoms with Crippen molar-refractivity contribution < 1.29 is 14.7 Å². The third-order valence-corrected chi connectivity index (χ3v) is 1.84. The molecule has 0 fully saturated rings. The Hall–Kier alpha value is -1.90. The lowest BCUT2D eigenvalue weighted by Crippen LogP contribution is -1.89. The molecule has 0 saturated heterocycles. The number of hydrogen-bond acceptors (Lipinski definition) is 2. The first-order valence-electron chi connectivity index (χ1n) is 4.10. The fraction of sp³-hybridized carbons (Fsp3) is 0.0909. The number of carbonyl (C=O) groups is 2. The third-order valence-electron chi connectivity index (χ3n) is 1.84. The van der Waals surface area contributed by atoms with Crippen LogP contribution in [0.1, 0.15) is 21.5 Å². The smallest absolute Gasteiger partial charge is 0.328 e. The van der Waals surface area contributed by atoms with Crippen LogP contribution in [0.5, 0.6) is 0 Å². The van der Waals surface area contributed by atoms with E-state index in [9.17, 15) is 9.59 Å². The minimum absolute atomic E-state index is 0.542. The predicted molar refractivity (Wildman–Crippen MR) is 53.2 cm³/mol. The van der Waals surface area contributed by atoms with Gasteiger partial charge in [0.15, 0.2) is 0 Å². The number of carboxylic acid groups (broad SMARTS) is 1. The average molecular weight is 190 g/mol. The van der Waals surface area contributed by atoms with Crippen LogP contribution in [0.2, 0.25) is 0 Å². The summed E-state index contributed by atoms with van der Waals surface area (Å²) in [6.07, 6.45) is 3.26. The van der Waals surface area contributed by atoms with Gasteiger partial charge in [-0.1, -0.05) is 12.1 Å². The predicted octanol–water partition coefficient (Wildman–Crippen LogP) is 1.91. The van der Waals surface area contributed by atoms with E-state index >= 15 is 0 Å². The summed E-state index contributed by atoms with van der Waals surface area (Å²) in [7, 11) is 0. The molecule has 72 valence electrons. The van der Waals surface area contributed by atoms with Crippen molar-refractivity contribution in [3.05, 3.63) is 41.0 Å². The van der Waals surface area contributed by atoms with E-state index in [0.717, 1.165) is 23.5 Å². The highest BCUT2D eigenvalue weighted by Crippen LogP contribution is 2.11. The van der Waals surface area contributed by atoms with Gasteiger partial charge in [0.05, 0.1) is 0 Å². The molecule has 0 radical (unpaired) electrons. The molecule has 1 N–H and O–H groups in total. The van der Waals surface area contributed by atoms with Crippen LogP contribution < -0.4 is 0 Å². The molecule has 3 nitrogen and oxygen atoms in total. The molecule has 1 aromatic rings. The Labute approximate surface area is 81.7 Å². The van der Waals surface area contributed by atoms with Gasteiger partial charge in [0, 0.05) is 11.6 Å². The highest BCUT2D eigenvalue weighted by atomic mass is 16.4. The van der Waals surface area contributed by atoms with Crippen molar-refractivity contribution in [2.75, 3.05) is 0 Å². The highest BCUT2D eigenvalue weighted by Gasteiger charge is 1.97. The molecule has 0 aliphatic rings. The van der Waals surface area contributed by atoms with Gasteiger partial charge in [0.25, 0.3) is 0 Å². The Balaban J connectivity index is 3.06.